The van der Waals surface area contributed by atoms with Crippen molar-refractivity contribution < 1.29 is 19.7 Å². The number of carbonyl (C=O) groups excluding carboxylic acids is 1. The van der Waals surface area contributed by atoms with E-state index in [-0.39, 0.29) is 17.8 Å². The van der Waals surface area contributed by atoms with Crippen LogP contribution in [0.1, 0.15) is 73.6 Å². The fourth-order valence-corrected chi connectivity index (χ4v) is 5.30. The minimum atomic E-state index is -0.672. The number of aliphatic hydroxyl groups excluding tert-OH is 2. The summed E-state index contributed by atoms with van der Waals surface area (Å²) in [7, 11) is 0. The summed E-state index contributed by atoms with van der Waals surface area (Å²) in [6.07, 6.45) is 2.74. The zero-order valence-electron chi connectivity index (χ0n) is 16.2. The Bertz CT molecular complexity index is 455. The van der Waals surface area contributed by atoms with Gasteiger partial charge in [0.1, 0.15) is 5.60 Å². The molecule has 0 spiro atoms. The summed E-state index contributed by atoms with van der Waals surface area (Å²) >= 11 is 0. The van der Waals surface area contributed by atoms with E-state index in [4.69, 9.17) is 4.74 Å². The van der Waals surface area contributed by atoms with Gasteiger partial charge in [0.25, 0.3) is 0 Å². The highest BCUT2D eigenvalue weighted by Gasteiger charge is 2.54. The van der Waals surface area contributed by atoms with Gasteiger partial charge in [-0.1, -0.05) is 26.7 Å². The summed E-state index contributed by atoms with van der Waals surface area (Å²) in [6.45, 7) is 12.0. The van der Waals surface area contributed by atoms with E-state index in [9.17, 15) is 15.0 Å². The monoisotopic (exact) mass is 340 g/mol. The molecule has 4 nitrogen and oxygen atoms in total. The molecule has 2 fully saturated rings. The molecular formula is C20H36O4. The molecule has 0 saturated heterocycles. The van der Waals surface area contributed by atoms with Crippen LogP contribution >= 0.6 is 0 Å². The zero-order chi connectivity index (χ0) is 18.3. The number of aliphatic hydroxyl groups is 2. The van der Waals surface area contributed by atoms with Gasteiger partial charge in [-0.15, -0.1) is 0 Å². The maximum atomic E-state index is 12.8. The normalized spacial score (nSPS) is 43.2. The standard InChI is InChI=1S/C20H36O4/c1-7-12-10-20(6,18(23)24-19(3,4)5)11-13-9-15(21)17(22)14(8-2)16(12)13/h12-17,21-22H,7-11H2,1-6H3/t12?,13?,14?,15-,16?,17-,20+/m1/s1. The summed E-state index contributed by atoms with van der Waals surface area (Å²) in [5.41, 5.74) is -0.970. The Morgan fingerprint density at radius 1 is 1.17 bits per heavy atom. The summed E-state index contributed by atoms with van der Waals surface area (Å²) in [5, 5.41) is 20.7. The van der Waals surface area contributed by atoms with E-state index < -0.39 is 23.2 Å². The van der Waals surface area contributed by atoms with Crippen LogP contribution in [-0.4, -0.2) is 34.0 Å². The Morgan fingerprint density at radius 3 is 2.29 bits per heavy atom. The molecule has 24 heavy (non-hydrogen) atoms. The third kappa shape index (κ3) is 3.80. The van der Waals surface area contributed by atoms with Gasteiger partial charge in [-0.2, -0.15) is 0 Å². The van der Waals surface area contributed by atoms with Gasteiger partial charge < -0.3 is 14.9 Å². The Kier molecular flexibility index (Phi) is 5.71. The maximum absolute atomic E-state index is 12.8. The quantitative estimate of drug-likeness (QED) is 0.771. The first kappa shape index (κ1) is 19.7. The van der Waals surface area contributed by atoms with Crippen LogP contribution in [-0.2, 0) is 9.53 Å². The fourth-order valence-electron chi connectivity index (χ4n) is 5.30. The molecule has 0 amide bonds. The average molecular weight is 341 g/mol. The lowest BCUT2D eigenvalue weighted by atomic mass is 9.52. The van der Waals surface area contributed by atoms with Crippen LogP contribution in [0.2, 0.25) is 0 Å². The molecule has 2 saturated carbocycles. The third-order valence-corrected chi connectivity index (χ3v) is 6.27. The van der Waals surface area contributed by atoms with Crippen LogP contribution in [0.15, 0.2) is 0 Å². The number of fused-ring (bicyclic) bond motifs is 1. The van der Waals surface area contributed by atoms with Crippen LogP contribution in [0.25, 0.3) is 0 Å². The van der Waals surface area contributed by atoms with Crippen molar-refractivity contribution in [1.29, 1.82) is 0 Å². The number of ether oxygens (including phenoxy) is 1. The predicted molar refractivity (Wildman–Crippen MR) is 94.4 cm³/mol. The van der Waals surface area contributed by atoms with Gasteiger partial charge in [0.15, 0.2) is 0 Å². The van der Waals surface area contributed by atoms with Crippen molar-refractivity contribution in [2.75, 3.05) is 0 Å². The molecular weight excluding hydrogens is 304 g/mol. The topological polar surface area (TPSA) is 66.8 Å². The summed E-state index contributed by atoms with van der Waals surface area (Å²) in [5.74, 6) is 1.10. The number of hydrogen-bond donors (Lipinski definition) is 2. The van der Waals surface area contributed by atoms with E-state index >= 15 is 0 Å². The molecule has 4 heteroatoms. The van der Waals surface area contributed by atoms with Crippen LogP contribution in [0, 0.1) is 29.1 Å². The van der Waals surface area contributed by atoms with Crippen molar-refractivity contribution >= 4 is 5.97 Å². The van der Waals surface area contributed by atoms with Crippen molar-refractivity contribution in [1.82, 2.24) is 0 Å². The lowest BCUT2D eigenvalue weighted by Crippen LogP contribution is -2.54. The fraction of sp³-hybridized carbons (Fsp3) is 0.950. The summed E-state index contributed by atoms with van der Waals surface area (Å²) in [6, 6.07) is 0. The maximum Gasteiger partial charge on any atom is 0.312 e. The predicted octanol–water partition coefficient (Wildman–Crippen LogP) is 3.54. The van der Waals surface area contributed by atoms with Crippen LogP contribution < -0.4 is 0 Å². The molecule has 2 aliphatic rings. The number of esters is 1. The van der Waals surface area contributed by atoms with Gasteiger partial charge in [-0.25, -0.2) is 0 Å². The molecule has 0 aromatic heterocycles. The van der Waals surface area contributed by atoms with Gasteiger partial charge in [-0.3, -0.25) is 4.79 Å². The second-order valence-corrected chi connectivity index (χ2v) is 9.34. The Morgan fingerprint density at radius 2 is 1.79 bits per heavy atom. The highest BCUT2D eigenvalue weighted by atomic mass is 16.6. The molecule has 0 aliphatic heterocycles. The molecule has 0 bridgehead atoms. The first-order chi connectivity index (χ1) is 11.0. The van der Waals surface area contributed by atoms with Crippen LogP contribution in [0.5, 0.6) is 0 Å². The first-order valence-electron chi connectivity index (χ1n) is 9.62. The van der Waals surface area contributed by atoms with Crippen molar-refractivity contribution in [2.24, 2.45) is 29.1 Å². The SMILES string of the molecule is CCC1C[C@](C)(C(=O)OC(C)(C)C)CC2C[C@@H](O)[C@H](O)C(CC)C12. The van der Waals surface area contributed by atoms with Crippen molar-refractivity contribution in [3.05, 3.63) is 0 Å². The number of hydrogen-bond acceptors (Lipinski definition) is 4. The van der Waals surface area contributed by atoms with Crippen LogP contribution in [0.3, 0.4) is 0 Å². The molecule has 140 valence electrons. The lowest BCUT2D eigenvalue weighted by molar-refractivity contribution is -0.180. The number of rotatable bonds is 3. The molecule has 2 rings (SSSR count). The van der Waals surface area contributed by atoms with Gasteiger partial charge in [0.05, 0.1) is 17.6 Å². The van der Waals surface area contributed by atoms with E-state index in [2.05, 4.69) is 13.8 Å². The van der Waals surface area contributed by atoms with Gasteiger partial charge >= 0.3 is 5.97 Å². The molecule has 4 unspecified atom stereocenters. The van der Waals surface area contributed by atoms with E-state index in [1.807, 2.05) is 27.7 Å². The minimum Gasteiger partial charge on any atom is -0.460 e. The number of carbonyl (C=O) groups is 1. The Balaban J connectivity index is 2.26. The van der Waals surface area contributed by atoms with Gasteiger partial charge in [0, 0.05) is 0 Å². The molecule has 2 aliphatic carbocycles. The van der Waals surface area contributed by atoms with Crippen molar-refractivity contribution in [2.45, 2.75) is 91.5 Å². The second-order valence-electron chi connectivity index (χ2n) is 9.34. The lowest BCUT2D eigenvalue weighted by Gasteiger charge is -2.54. The largest absolute Gasteiger partial charge is 0.460 e. The Labute approximate surface area is 147 Å². The summed E-state index contributed by atoms with van der Waals surface area (Å²) in [4.78, 5) is 12.8. The van der Waals surface area contributed by atoms with Gasteiger partial charge in [0.2, 0.25) is 0 Å². The van der Waals surface area contributed by atoms with Crippen LogP contribution in [0.4, 0.5) is 0 Å². The highest BCUT2D eigenvalue weighted by molar-refractivity contribution is 5.77. The summed E-state index contributed by atoms with van der Waals surface area (Å²) < 4.78 is 5.70. The molecule has 0 aromatic rings. The second kappa shape index (κ2) is 6.95. The van der Waals surface area contributed by atoms with E-state index in [0.717, 1.165) is 25.7 Å². The molecule has 0 heterocycles. The minimum absolute atomic E-state index is 0.111. The zero-order valence-corrected chi connectivity index (χ0v) is 16.2. The van der Waals surface area contributed by atoms with Crippen molar-refractivity contribution in [3.63, 3.8) is 0 Å². The van der Waals surface area contributed by atoms with E-state index in [1.165, 1.54) is 0 Å². The molecule has 0 radical (unpaired) electrons. The molecule has 2 N–H and O–H groups in total. The average Bonchev–Trinajstić information content (AvgIpc) is 2.46. The van der Waals surface area contributed by atoms with E-state index in [1.54, 1.807) is 0 Å². The first-order valence-corrected chi connectivity index (χ1v) is 9.62. The molecule has 0 aromatic carbocycles. The van der Waals surface area contributed by atoms with Gasteiger partial charge in [-0.05, 0) is 70.6 Å². The highest BCUT2D eigenvalue weighted by Crippen LogP contribution is 2.55. The Hall–Kier alpha value is -0.610. The van der Waals surface area contributed by atoms with Crippen molar-refractivity contribution in [3.8, 4) is 0 Å². The molecule has 7 atom stereocenters. The smallest absolute Gasteiger partial charge is 0.312 e. The third-order valence-electron chi connectivity index (χ3n) is 6.27. The van der Waals surface area contributed by atoms with E-state index in [0.29, 0.717) is 18.3 Å².